The number of likely N-dealkylation sites (tertiary alicyclic amines) is 1. The van der Waals surface area contributed by atoms with Crippen molar-refractivity contribution in [1.29, 1.82) is 0 Å². The van der Waals surface area contributed by atoms with E-state index in [0.717, 1.165) is 31.8 Å². The van der Waals surface area contributed by atoms with E-state index in [2.05, 4.69) is 12.2 Å². The van der Waals surface area contributed by atoms with E-state index in [9.17, 15) is 9.59 Å². The third kappa shape index (κ3) is 5.09. The van der Waals surface area contributed by atoms with Crippen LogP contribution in [0.5, 0.6) is 0 Å². The van der Waals surface area contributed by atoms with Crippen LogP contribution < -0.4 is 5.32 Å². The van der Waals surface area contributed by atoms with Crippen molar-refractivity contribution >= 4 is 12.0 Å². The van der Waals surface area contributed by atoms with Gasteiger partial charge < -0.3 is 15.3 Å². The Balaban J connectivity index is 2.29. The number of carboxylic acid groups (broad SMARTS) is 1. The second kappa shape index (κ2) is 8.02. The van der Waals surface area contributed by atoms with Crippen molar-refractivity contribution in [2.24, 2.45) is 11.8 Å². The zero-order valence-corrected chi connectivity index (χ0v) is 12.0. The van der Waals surface area contributed by atoms with Gasteiger partial charge in [-0.2, -0.15) is 0 Å². The van der Waals surface area contributed by atoms with Crippen molar-refractivity contribution in [2.45, 2.75) is 46.0 Å². The van der Waals surface area contributed by atoms with Gasteiger partial charge in [0, 0.05) is 19.6 Å². The molecule has 0 aromatic carbocycles. The van der Waals surface area contributed by atoms with Gasteiger partial charge in [0.15, 0.2) is 0 Å². The summed E-state index contributed by atoms with van der Waals surface area (Å²) in [7, 11) is 0. The monoisotopic (exact) mass is 270 g/mol. The number of nitrogens with one attached hydrogen (secondary N) is 1. The number of urea groups is 1. The van der Waals surface area contributed by atoms with Crippen molar-refractivity contribution in [2.75, 3.05) is 19.6 Å². The van der Waals surface area contributed by atoms with E-state index < -0.39 is 11.9 Å². The highest BCUT2D eigenvalue weighted by Crippen LogP contribution is 2.21. The molecule has 2 N–H and O–H groups in total. The minimum atomic E-state index is -0.843. The first-order chi connectivity index (χ1) is 9.08. The highest BCUT2D eigenvalue weighted by atomic mass is 16.4. The standard InChI is InChI=1S/C14H26N2O3/c1-3-5-11-6-8-16(9-7-11)14(19)15-10-12(4-2)13(17)18/h11-12H,3-10H2,1-2H3,(H,15,19)(H,17,18). The van der Waals surface area contributed by atoms with Gasteiger partial charge >= 0.3 is 12.0 Å². The van der Waals surface area contributed by atoms with Crippen LogP contribution in [0.2, 0.25) is 0 Å². The molecule has 1 heterocycles. The van der Waals surface area contributed by atoms with Gasteiger partial charge in [-0.25, -0.2) is 4.79 Å². The van der Waals surface area contributed by atoms with Crippen LogP contribution in [0.1, 0.15) is 46.0 Å². The maximum atomic E-state index is 11.9. The van der Waals surface area contributed by atoms with Crippen LogP contribution >= 0.6 is 0 Å². The average Bonchev–Trinajstić information content (AvgIpc) is 2.40. The van der Waals surface area contributed by atoms with Crippen LogP contribution in [-0.4, -0.2) is 41.6 Å². The molecular weight excluding hydrogens is 244 g/mol. The molecule has 0 aliphatic carbocycles. The normalized spacial score (nSPS) is 18.1. The number of carbonyl (C=O) groups excluding carboxylic acids is 1. The molecule has 110 valence electrons. The summed E-state index contributed by atoms with van der Waals surface area (Å²) in [4.78, 5) is 24.6. The molecule has 0 saturated carbocycles. The molecule has 1 unspecified atom stereocenters. The van der Waals surface area contributed by atoms with Crippen LogP contribution in [0.4, 0.5) is 4.79 Å². The largest absolute Gasteiger partial charge is 0.481 e. The molecule has 0 aromatic heterocycles. The first kappa shape index (κ1) is 15.8. The maximum Gasteiger partial charge on any atom is 0.317 e. The Morgan fingerprint density at radius 3 is 2.42 bits per heavy atom. The van der Waals surface area contributed by atoms with Crippen LogP contribution in [0.15, 0.2) is 0 Å². The molecule has 0 spiro atoms. The minimum absolute atomic E-state index is 0.116. The maximum absolute atomic E-state index is 11.9. The lowest BCUT2D eigenvalue weighted by atomic mass is 9.93. The van der Waals surface area contributed by atoms with Crippen LogP contribution in [0.3, 0.4) is 0 Å². The Bertz CT molecular complexity index is 299. The van der Waals surface area contributed by atoms with Gasteiger partial charge in [0.2, 0.25) is 0 Å². The van der Waals surface area contributed by atoms with Crippen molar-refractivity contribution in [1.82, 2.24) is 10.2 Å². The van der Waals surface area contributed by atoms with E-state index in [1.165, 1.54) is 12.8 Å². The molecule has 1 fully saturated rings. The zero-order valence-electron chi connectivity index (χ0n) is 12.0. The second-order valence-electron chi connectivity index (χ2n) is 5.35. The SMILES string of the molecule is CCCC1CCN(C(=O)NCC(CC)C(=O)O)CC1. The third-order valence-corrected chi connectivity index (χ3v) is 3.94. The van der Waals surface area contributed by atoms with Crippen LogP contribution in [-0.2, 0) is 4.79 Å². The lowest BCUT2D eigenvalue weighted by Gasteiger charge is -2.32. The Kier molecular flexibility index (Phi) is 6.67. The van der Waals surface area contributed by atoms with Gasteiger partial charge in [-0.05, 0) is 25.2 Å². The number of carboxylic acids is 1. The summed E-state index contributed by atoms with van der Waals surface area (Å²) in [5, 5.41) is 11.7. The summed E-state index contributed by atoms with van der Waals surface area (Å²) < 4.78 is 0. The van der Waals surface area contributed by atoms with Crippen molar-refractivity contribution in [3.8, 4) is 0 Å². The zero-order chi connectivity index (χ0) is 14.3. The number of aliphatic carboxylic acids is 1. The first-order valence-electron chi connectivity index (χ1n) is 7.34. The number of amides is 2. The van der Waals surface area contributed by atoms with E-state index in [1.54, 1.807) is 4.90 Å². The Hall–Kier alpha value is -1.26. The Morgan fingerprint density at radius 2 is 1.95 bits per heavy atom. The molecule has 19 heavy (non-hydrogen) atoms. The predicted molar refractivity (Wildman–Crippen MR) is 74.0 cm³/mol. The van der Waals surface area contributed by atoms with Crippen LogP contribution in [0, 0.1) is 11.8 Å². The van der Waals surface area contributed by atoms with E-state index in [0.29, 0.717) is 6.42 Å². The Labute approximate surface area is 115 Å². The molecule has 5 heteroatoms. The summed E-state index contributed by atoms with van der Waals surface area (Å²) in [6.45, 7) is 5.82. The summed E-state index contributed by atoms with van der Waals surface area (Å²) >= 11 is 0. The van der Waals surface area contributed by atoms with E-state index in [1.807, 2.05) is 6.92 Å². The molecule has 2 amide bonds. The Morgan fingerprint density at radius 1 is 1.32 bits per heavy atom. The molecule has 1 saturated heterocycles. The highest BCUT2D eigenvalue weighted by molar-refractivity contribution is 5.76. The van der Waals surface area contributed by atoms with Gasteiger partial charge in [0.25, 0.3) is 0 Å². The molecule has 0 aromatic rings. The van der Waals surface area contributed by atoms with E-state index in [-0.39, 0.29) is 12.6 Å². The lowest BCUT2D eigenvalue weighted by Crippen LogP contribution is -2.46. The summed E-state index contributed by atoms with van der Waals surface area (Å²) in [5.41, 5.74) is 0. The van der Waals surface area contributed by atoms with Crippen molar-refractivity contribution in [3.63, 3.8) is 0 Å². The molecule has 0 radical (unpaired) electrons. The van der Waals surface area contributed by atoms with Gasteiger partial charge in [-0.15, -0.1) is 0 Å². The fourth-order valence-corrected chi connectivity index (χ4v) is 2.56. The highest BCUT2D eigenvalue weighted by Gasteiger charge is 2.23. The molecule has 1 aliphatic heterocycles. The molecule has 5 nitrogen and oxygen atoms in total. The third-order valence-electron chi connectivity index (χ3n) is 3.94. The molecule has 1 atom stereocenters. The summed E-state index contributed by atoms with van der Waals surface area (Å²) in [6.07, 6.45) is 5.11. The van der Waals surface area contributed by atoms with Crippen molar-refractivity contribution in [3.05, 3.63) is 0 Å². The molecule has 1 aliphatic rings. The van der Waals surface area contributed by atoms with Gasteiger partial charge in [-0.1, -0.05) is 26.7 Å². The molecular formula is C14H26N2O3. The molecule has 0 bridgehead atoms. The van der Waals surface area contributed by atoms with Crippen molar-refractivity contribution < 1.29 is 14.7 Å². The van der Waals surface area contributed by atoms with Gasteiger partial charge in [0.1, 0.15) is 0 Å². The quantitative estimate of drug-likeness (QED) is 0.778. The van der Waals surface area contributed by atoms with Gasteiger partial charge in [-0.3, -0.25) is 4.79 Å². The molecule has 1 rings (SSSR count). The van der Waals surface area contributed by atoms with E-state index >= 15 is 0 Å². The first-order valence-corrected chi connectivity index (χ1v) is 7.34. The topological polar surface area (TPSA) is 69.6 Å². The predicted octanol–water partition coefficient (Wildman–Crippen LogP) is 2.32. The minimum Gasteiger partial charge on any atom is -0.481 e. The number of hydrogen-bond acceptors (Lipinski definition) is 2. The fraction of sp³-hybridized carbons (Fsp3) is 0.857. The smallest absolute Gasteiger partial charge is 0.317 e. The second-order valence-corrected chi connectivity index (χ2v) is 5.35. The summed E-state index contributed by atoms with van der Waals surface area (Å²) in [6, 6.07) is -0.116. The number of piperidine rings is 1. The number of nitrogens with zero attached hydrogens (tertiary/aromatic N) is 1. The fourth-order valence-electron chi connectivity index (χ4n) is 2.56. The number of rotatable bonds is 6. The summed E-state index contributed by atoms with van der Waals surface area (Å²) in [5.74, 6) is -0.581. The lowest BCUT2D eigenvalue weighted by molar-refractivity contribution is -0.141. The van der Waals surface area contributed by atoms with E-state index in [4.69, 9.17) is 5.11 Å². The number of hydrogen-bond donors (Lipinski definition) is 2. The van der Waals surface area contributed by atoms with Crippen LogP contribution in [0.25, 0.3) is 0 Å². The average molecular weight is 270 g/mol. The number of carbonyl (C=O) groups is 2. The van der Waals surface area contributed by atoms with Gasteiger partial charge in [0.05, 0.1) is 5.92 Å².